The fourth-order valence-corrected chi connectivity index (χ4v) is 0.611. The van der Waals surface area contributed by atoms with Crippen molar-refractivity contribution in [2.75, 3.05) is 11.1 Å². The Morgan fingerprint density at radius 2 is 2.56 bits per heavy atom. The lowest BCUT2D eigenvalue weighted by atomic mass is 10.5. The molecule has 1 aromatic heterocycles. The minimum atomic E-state index is 0.0412. The van der Waals surface area contributed by atoms with E-state index in [-0.39, 0.29) is 6.00 Å². The molecule has 0 spiro atoms. The van der Waals surface area contributed by atoms with Crippen LogP contribution in [-0.2, 0) is 0 Å². The SMILES string of the molecule is ON(CCl)c1ccoc1. The molecule has 0 bridgehead atoms. The lowest BCUT2D eigenvalue weighted by molar-refractivity contribution is 0.272. The van der Waals surface area contributed by atoms with E-state index in [1.807, 2.05) is 0 Å². The summed E-state index contributed by atoms with van der Waals surface area (Å²) < 4.78 is 4.68. The second kappa shape index (κ2) is 2.75. The molecular weight excluding hydrogens is 142 g/mol. The first-order chi connectivity index (χ1) is 4.34. The standard InChI is InChI=1S/C5H6ClNO2/c6-4-7(8)5-1-2-9-3-5/h1-3,8H,4H2. The van der Waals surface area contributed by atoms with Crippen LogP contribution in [-0.4, -0.2) is 11.2 Å². The highest BCUT2D eigenvalue weighted by molar-refractivity contribution is 6.18. The molecule has 0 amide bonds. The second-order valence-corrected chi connectivity index (χ2v) is 1.74. The molecule has 1 heterocycles. The summed E-state index contributed by atoms with van der Waals surface area (Å²) in [4.78, 5) is 0. The minimum Gasteiger partial charge on any atom is -0.470 e. The van der Waals surface area contributed by atoms with Crippen molar-refractivity contribution in [3.8, 4) is 0 Å². The molecule has 4 heteroatoms. The van der Waals surface area contributed by atoms with Gasteiger partial charge >= 0.3 is 0 Å². The first kappa shape index (κ1) is 6.45. The number of hydrogen-bond acceptors (Lipinski definition) is 3. The van der Waals surface area contributed by atoms with E-state index in [0.717, 1.165) is 5.06 Å². The fraction of sp³-hybridized carbons (Fsp3) is 0.200. The van der Waals surface area contributed by atoms with E-state index >= 15 is 0 Å². The highest BCUT2D eigenvalue weighted by atomic mass is 35.5. The molecule has 1 N–H and O–H groups in total. The van der Waals surface area contributed by atoms with Gasteiger partial charge in [0.25, 0.3) is 0 Å². The van der Waals surface area contributed by atoms with E-state index in [4.69, 9.17) is 16.8 Å². The van der Waals surface area contributed by atoms with E-state index in [9.17, 15) is 0 Å². The number of alkyl halides is 1. The van der Waals surface area contributed by atoms with Crippen molar-refractivity contribution in [3.05, 3.63) is 18.6 Å². The number of halogens is 1. The Balaban J connectivity index is 2.65. The molecule has 0 aliphatic carbocycles. The molecule has 1 aromatic rings. The normalized spacial score (nSPS) is 9.56. The van der Waals surface area contributed by atoms with E-state index in [2.05, 4.69) is 4.42 Å². The van der Waals surface area contributed by atoms with Gasteiger partial charge in [-0.3, -0.25) is 5.21 Å². The maximum Gasteiger partial charge on any atom is 0.119 e. The highest BCUT2D eigenvalue weighted by Crippen LogP contribution is 2.11. The zero-order chi connectivity index (χ0) is 6.69. The number of furan rings is 1. The zero-order valence-electron chi connectivity index (χ0n) is 4.62. The highest BCUT2D eigenvalue weighted by Gasteiger charge is 1.99. The van der Waals surface area contributed by atoms with Gasteiger partial charge in [0, 0.05) is 6.07 Å². The van der Waals surface area contributed by atoms with Crippen molar-refractivity contribution >= 4 is 17.3 Å². The third-order valence-corrected chi connectivity index (χ3v) is 1.14. The summed E-state index contributed by atoms with van der Waals surface area (Å²) in [6, 6.07) is 1.65. The van der Waals surface area contributed by atoms with Gasteiger partial charge in [-0.2, -0.15) is 0 Å². The van der Waals surface area contributed by atoms with Crippen LogP contribution in [0, 0.1) is 0 Å². The molecule has 0 aliphatic rings. The van der Waals surface area contributed by atoms with Crippen molar-refractivity contribution in [3.63, 3.8) is 0 Å². The monoisotopic (exact) mass is 147 g/mol. The summed E-state index contributed by atoms with van der Waals surface area (Å²) in [6.07, 6.45) is 2.87. The molecule has 0 saturated heterocycles. The summed E-state index contributed by atoms with van der Waals surface area (Å²) in [5.41, 5.74) is 0.560. The van der Waals surface area contributed by atoms with Crippen molar-refractivity contribution in [1.29, 1.82) is 0 Å². The van der Waals surface area contributed by atoms with Crippen LogP contribution >= 0.6 is 11.6 Å². The van der Waals surface area contributed by atoms with Crippen LogP contribution < -0.4 is 5.06 Å². The predicted molar refractivity (Wildman–Crippen MR) is 33.7 cm³/mol. The Morgan fingerprint density at radius 3 is 3.00 bits per heavy atom. The summed E-state index contributed by atoms with van der Waals surface area (Å²) in [6.45, 7) is 0. The number of hydroxylamine groups is 1. The van der Waals surface area contributed by atoms with Crippen LogP contribution in [0.2, 0.25) is 0 Å². The van der Waals surface area contributed by atoms with E-state index in [1.54, 1.807) is 6.07 Å². The lowest BCUT2D eigenvalue weighted by Crippen LogP contribution is -2.13. The van der Waals surface area contributed by atoms with E-state index < -0.39 is 0 Å². The molecule has 9 heavy (non-hydrogen) atoms. The molecule has 0 aliphatic heterocycles. The van der Waals surface area contributed by atoms with Crippen molar-refractivity contribution < 1.29 is 9.62 Å². The van der Waals surface area contributed by atoms with Crippen LogP contribution in [0.3, 0.4) is 0 Å². The average Bonchev–Trinajstić information content (AvgIpc) is 2.37. The third-order valence-electron chi connectivity index (χ3n) is 0.917. The molecule has 1 rings (SSSR count). The van der Waals surface area contributed by atoms with E-state index in [0.29, 0.717) is 5.69 Å². The maximum absolute atomic E-state index is 8.86. The first-order valence-corrected chi connectivity index (χ1v) is 2.92. The molecular formula is C5H6ClNO2. The average molecular weight is 148 g/mol. The van der Waals surface area contributed by atoms with Gasteiger partial charge in [-0.15, -0.1) is 11.6 Å². The number of hydrogen-bond donors (Lipinski definition) is 1. The Morgan fingerprint density at radius 1 is 1.78 bits per heavy atom. The van der Waals surface area contributed by atoms with Crippen molar-refractivity contribution in [2.24, 2.45) is 0 Å². The Labute approximate surface area is 57.4 Å². The molecule has 3 nitrogen and oxygen atoms in total. The van der Waals surface area contributed by atoms with Gasteiger partial charge in [0.05, 0.1) is 6.26 Å². The maximum atomic E-state index is 8.86. The molecule has 50 valence electrons. The van der Waals surface area contributed by atoms with Gasteiger partial charge in [-0.25, -0.2) is 5.06 Å². The summed E-state index contributed by atoms with van der Waals surface area (Å²) in [5.74, 6) is 0. The summed E-state index contributed by atoms with van der Waals surface area (Å²) in [7, 11) is 0. The lowest BCUT2D eigenvalue weighted by Gasteiger charge is -2.07. The molecule has 0 fully saturated rings. The van der Waals surface area contributed by atoms with Crippen molar-refractivity contribution in [1.82, 2.24) is 0 Å². The van der Waals surface area contributed by atoms with Crippen molar-refractivity contribution in [2.45, 2.75) is 0 Å². The Hall–Kier alpha value is -0.670. The van der Waals surface area contributed by atoms with Gasteiger partial charge in [0.1, 0.15) is 18.0 Å². The van der Waals surface area contributed by atoms with Gasteiger partial charge in [0.2, 0.25) is 0 Å². The van der Waals surface area contributed by atoms with Gasteiger partial charge < -0.3 is 4.42 Å². The molecule has 0 aromatic carbocycles. The minimum absolute atomic E-state index is 0.0412. The molecule has 0 radical (unpaired) electrons. The predicted octanol–water partition coefficient (Wildman–Crippen LogP) is 1.67. The first-order valence-electron chi connectivity index (χ1n) is 2.39. The number of rotatable bonds is 2. The van der Waals surface area contributed by atoms with Crippen LogP contribution in [0.15, 0.2) is 23.0 Å². The zero-order valence-corrected chi connectivity index (χ0v) is 5.38. The Bertz CT molecular complexity index is 163. The largest absolute Gasteiger partial charge is 0.470 e. The summed E-state index contributed by atoms with van der Waals surface area (Å²) in [5, 5.41) is 9.74. The third kappa shape index (κ3) is 1.37. The van der Waals surface area contributed by atoms with Gasteiger partial charge in [0.15, 0.2) is 0 Å². The van der Waals surface area contributed by atoms with E-state index in [1.165, 1.54) is 12.5 Å². The molecule has 0 unspecified atom stereocenters. The van der Waals surface area contributed by atoms with Gasteiger partial charge in [-0.05, 0) is 0 Å². The van der Waals surface area contributed by atoms with Gasteiger partial charge in [-0.1, -0.05) is 0 Å². The number of nitrogens with zero attached hydrogens (tertiary/aromatic N) is 1. The Kier molecular flexibility index (Phi) is 1.97. The molecule has 0 saturated carbocycles. The second-order valence-electron chi connectivity index (χ2n) is 1.50. The van der Waals surface area contributed by atoms with Crippen LogP contribution in [0.1, 0.15) is 0 Å². The van der Waals surface area contributed by atoms with Crippen LogP contribution in [0.4, 0.5) is 5.69 Å². The summed E-state index contributed by atoms with van der Waals surface area (Å²) >= 11 is 5.28. The topological polar surface area (TPSA) is 36.6 Å². The van der Waals surface area contributed by atoms with Crippen LogP contribution in [0.25, 0.3) is 0 Å². The number of anilines is 1. The molecule has 0 atom stereocenters. The van der Waals surface area contributed by atoms with Crippen LogP contribution in [0.5, 0.6) is 0 Å². The fourth-order valence-electron chi connectivity index (χ4n) is 0.473. The smallest absolute Gasteiger partial charge is 0.119 e. The quantitative estimate of drug-likeness (QED) is 0.393.